The molecule has 2 aromatic heterocycles. The van der Waals surface area contributed by atoms with E-state index in [1.165, 1.54) is 4.57 Å². The number of carbonyl (C=O) groups is 2. The number of nitrogens with one attached hydrogen (secondary N) is 1. The lowest BCUT2D eigenvalue weighted by Crippen LogP contribution is -2.30. The van der Waals surface area contributed by atoms with E-state index in [1.54, 1.807) is 42.6 Å². The van der Waals surface area contributed by atoms with Gasteiger partial charge in [-0.3, -0.25) is 14.2 Å². The molecule has 7 nitrogen and oxygen atoms in total. The van der Waals surface area contributed by atoms with Gasteiger partial charge in [0.1, 0.15) is 11.2 Å². The van der Waals surface area contributed by atoms with Gasteiger partial charge >= 0.3 is 5.97 Å². The van der Waals surface area contributed by atoms with Crippen LogP contribution in [-0.4, -0.2) is 28.0 Å². The van der Waals surface area contributed by atoms with Gasteiger partial charge in [0.15, 0.2) is 0 Å². The molecule has 1 amide bonds. The van der Waals surface area contributed by atoms with Gasteiger partial charge in [0.2, 0.25) is 0 Å². The lowest BCUT2D eigenvalue weighted by molar-refractivity contribution is 0.0499. The van der Waals surface area contributed by atoms with E-state index < -0.39 is 17.4 Å². The topological polar surface area (TPSA) is 90.3 Å². The van der Waals surface area contributed by atoms with Crippen molar-refractivity contribution >= 4 is 28.6 Å². The largest absolute Gasteiger partial charge is 0.462 e. The maximum Gasteiger partial charge on any atom is 0.338 e. The summed E-state index contributed by atoms with van der Waals surface area (Å²) in [7, 11) is 0. The van der Waals surface area contributed by atoms with Crippen LogP contribution in [0.2, 0.25) is 0 Å². The number of aromatic nitrogens is 2. The van der Waals surface area contributed by atoms with Crippen LogP contribution in [0.15, 0.2) is 83.8 Å². The Balaban J connectivity index is 1.59. The van der Waals surface area contributed by atoms with Crippen LogP contribution in [-0.2, 0) is 11.3 Å². The summed E-state index contributed by atoms with van der Waals surface area (Å²) in [6.07, 6.45) is 3.37. The molecule has 0 saturated heterocycles. The SMILES string of the molecule is CCCCOC(=O)c1ccc(NC(=O)c2cc3cccnc3n(Cc3ccccc3)c2=O)cc1. The highest BCUT2D eigenvalue weighted by molar-refractivity contribution is 6.05. The lowest BCUT2D eigenvalue weighted by atomic mass is 10.1. The maximum atomic E-state index is 13.3. The van der Waals surface area contributed by atoms with Crippen LogP contribution in [0.5, 0.6) is 0 Å². The fraction of sp³-hybridized carbons (Fsp3) is 0.185. The van der Waals surface area contributed by atoms with E-state index in [-0.39, 0.29) is 5.56 Å². The number of amides is 1. The highest BCUT2D eigenvalue weighted by atomic mass is 16.5. The van der Waals surface area contributed by atoms with Crippen LogP contribution in [0.4, 0.5) is 5.69 Å². The van der Waals surface area contributed by atoms with E-state index in [1.807, 2.05) is 43.3 Å². The van der Waals surface area contributed by atoms with Crippen LogP contribution in [0.1, 0.15) is 46.0 Å². The molecule has 0 aliphatic rings. The van der Waals surface area contributed by atoms with Gasteiger partial charge in [-0.15, -0.1) is 0 Å². The van der Waals surface area contributed by atoms with Crippen molar-refractivity contribution in [3.05, 3.63) is 106 Å². The quantitative estimate of drug-likeness (QED) is 0.308. The van der Waals surface area contributed by atoms with Gasteiger partial charge in [-0.1, -0.05) is 43.7 Å². The molecule has 2 aromatic carbocycles. The number of unbranched alkanes of at least 4 members (excludes halogenated alkanes) is 1. The second-order valence-electron chi connectivity index (χ2n) is 7.87. The fourth-order valence-corrected chi connectivity index (χ4v) is 3.56. The Bertz CT molecular complexity index is 1360. The maximum absolute atomic E-state index is 13.3. The number of fused-ring (bicyclic) bond motifs is 1. The van der Waals surface area contributed by atoms with Crippen molar-refractivity contribution in [2.45, 2.75) is 26.3 Å². The van der Waals surface area contributed by atoms with E-state index in [2.05, 4.69) is 10.3 Å². The number of benzene rings is 2. The number of anilines is 1. The summed E-state index contributed by atoms with van der Waals surface area (Å²) in [6.45, 7) is 2.69. The van der Waals surface area contributed by atoms with Gasteiger partial charge in [-0.05, 0) is 54.4 Å². The summed E-state index contributed by atoms with van der Waals surface area (Å²) in [5.74, 6) is -0.937. The number of pyridine rings is 2. The molecule has 0 unspecified atom stereocenters. The number of ether oxygens (including phenoxy) is 1. The summed E-state index contributed by atoms with van der Waals surface area (Å²) in [5, 5.41) is 3.44. The van der Waals surface area contributed by atoms with E-state index in [0.29, 0.717) is 35.4 Å². The van der Waals surface area contributed by atoms with Crippen LogP contribution >= 0.6 is 0 Å². The number of hydrogen-bond acceptors (Lipinski definition) is 5. The van der Waals surface area contributed by atoms with Crippen molar-refractivity contribution in [3.8, 4) is 0 Å². The standard InChI is InChI=1S/C27H25N3O4/c1-2-3-16-34-27(33)20-11-13-22(14-12-20)29-25(31)23-17-21-10-7-15-28-24(21)30(26(23)32)18-19-8-5-4-6-9-19/h4-15,17H,2-3,16,18H2,1H3,(H,29,31). The first-order chi connectivity index (χ1) is 16.6. The zero-order valence-electron chi connectivity index (χ0n) is 18.9. The Morgan fingerprint density at radius 1 is 1.00 bits per heavy atom. The smallest absolute Gasteiger partial charge is 0.338 e. The highest BCUT2D eigenvalue weighted by Gasteiger charge is 2.17. The first-order valence-corrected chi connectivity index (χ1v) is 11.2. The van der Waals surface area contributed by atoms with Crippen LogP contribution in [0, 0.1) is 0 Å². The number of esters is 1. The van der Waals surface area contributed by atoms with Crippen LogP contribution in [0.3, 0.4) is 0 Å². The number of hydrogen-bond donors (Lipinski definition) is 1. The predicted molar refractivity (Wildman–Crippen MR) is 131 cm³/mol. The second kappa shape index (κ2) is 10.6. The lowest BCUT2D eigenvalue weighted by Gasteiger charge is -2.13. The van der Waals surface area contributed by atoms with Gasteiger partial charge in [0.25, 0.3) is 11.5 Å². The van der Waals surface area contributed by atoms with Gasteiger partial charge in [0.05, 0.1) is 18.7 Å². The Labute approximate surface area is 197 Å². The molecule has 0 saturated carbocycles. The average molecular weight is 456 g/mol. The van der Waals surface area contributed by atoms with Crippen molar-refractivity contribution in [2.24, 2.45) is 0 Å². The summed E-state index contributed by atoms with van der Waals surface area (Å²) in [6, 6.07) is 21.1. The summed E-state index contributed by atoms with van der Waals surface area (Å²) in [5.41, 5.74) is 1.89. The van der Waals surface area contributed by atoms with E-state index in [4.69, 9.17) is 4.74 Å². The van der Waals surface area contributed by atoms with Crippen molar-refractivity contribution in [1.82, 2.24) is 9.55 Å². The normalized spacial score (nSPS) is 10.7. The monoisotopic (exact) mass is 455 g/mol. The third kappa shape index (κ3) is 5.20. The summed E-state index contributed by atoms with van der Waals surface area (Å²) in [4.78, 5) is 42.8. The number of nitrogens with zero attached hydrogens (tertiary/aromatic N) is 2. The zero-order chi connectivity index (χ0) is 23.9. The average Bonchev–Trinajstić information content (AvgIpc) is 2.86. The molecule has 0 radical (unpaired) electrons. The fourth-order valence-electron chi connectivity index (χ4n) is 3.56. The first-order valence-electron chi connectivity index (χ1n) is 11.2. The third-order valence-electron chi connectivity index (χ3n) is 5.39. The molecule has 0 bridgehead atoms. The predicted octanol–water partition coefficient (Wildman–Crippen LogP) is 4.65. The van der Waals surface area contributed by atoms with Crippen molar-refractivity contribution in [1.29, 1.82) is 0 Å². The number of rotatable bonds is 8. The summed E-state index contributed by atoms with van der Waals surface area (Å²) >= 11 is 0. The molecule has 0 fully saturated rings. The molecular weight excluding hydrogens is 430 g/mol. The van der Waals surface area contributed by atoms with E-state index >= 15 is 0 Å². The summed E-state index contributed by atoms with van der Waals surface area (Å²) < 4.78 is 6.71. The molecule has 34 heavy (non-hydrogen) atoms. The van der Waals surface area contributed by atoms with Crippen molar-refractivity contribution < 1.29 is 14.3 Å². The van der Waals surface area contributed by atoms with Crippen molar-refractivity contribution in [3.63, 3.8) is 0 Å². The minimum atomic E-state index is -0.532. The zero-order valence-corrected chi connectivity index (χ0v) is 18.9. The molecule has 0 aliphatic carbocycles. The first kappa shape index (κ1) is 22.9. The Morgan fingerprint density at radius 2 is 1.76 bits per heavy atom. The molecule has 2 heterocycles. The molecule has 1 N–H and O–H groups in total. The van der Waals surface area contributed by atoms with Crippen LogP contribution < -0.4 is 10.9 Å². The molecule has 4 rings (SSSR count). The molecule has 172 valence electrons. The molecule has 0 atom stereocenters. The van der Waals surface area contributed by atoms with Gasteiger partial charge < -0.3 is 10.1 Å². The minimum Gasteiger partial charge on any atom is -0.462 e. The molecule has 7 heteroatoms. The number of carbonyl (C=O) groups excluding carboxylic acids is 2. The second-order valence-corrected chi connectivity index (χ2v) is 7.87. The van der Waals surface area contributed by atoms with E-state index in [9.17, 15) is 14.4 Å². The van der Waals surface area contributed by atoms with Crippen molar-refractivity contribution in [2.75, 3.05) is 11.9 Å². The highest BCUT2D eigenvalue weighted by Crippen LogP contribution is 2.16. The Kier molecular flexibility index (Phi) is 7.13. The molecule has 0 spiro atoms. The Morgan fingerprint density at radius 3 is 2.50 bits per heavy atom. The molecule has 4 aromatic rings. The van der Waals surface area contributed by atoms with Gasteiger partial charge in [-0.2, -0.15) is 0 Å². The minimum absolute atomic E-state index is 0.0134. The molecule has 0 aliphatic heterocycles. The van der Waals surface area contributed by atoms with Gasteiger partial charge in [0, 0.05) is 17.3 Å². The Hall–Kier alpha value is -4.26. The molecular formula is C27H25N3O4. The van der Waals surface area contributed by atoms with Gasteiger partial charge in [-0.25, -0.2) is 9.78 Å². The third-order valence-corrected chi connectivity index (χ3v) is 5.39. The van der Waals surface area contributed by atoms with Crippen LogP contribution in [0.25, 0.3) is 11.0 Å². The van der Waals surface area contributed by atoms with E-state index in [0.717, 1.165) is 18.4 Å².